The van der Waals surface area contributed by atoms with Crippen LogP contribution in [0.2, 0.25) is 0 Å². The third kappa shape index (κ3) is 7.72. The lowest BCUT2D eigenvalue weighted by molar-refractivity contribution is -0.116. The lowest BCUT2D eigenvalue weighted by Gasteiger charge is -2.03. The topological polar surface area (TPSA) is 55.1 Å². The van der Waals surface area contributed by atoms with Gasteiger partial charge in [-0.25, -0.2) is 0 Å². The molecule has 1 aromatic carbocycles. The number of carbonyl (C=O) groups is 1. The molecular weight excluding hydrogens is 312 g/mol. The molecule has 1 amide bonds. The van der Waals surface area contributed by atoms with Crippen molar-refractivity contribution in [2.24, 2.45) is 0 Å². The summed E-state index contributed by atoms with van der Waals surface area (Å²) in [4.78, 5) is 16.2. The maximum Gasteiger partial charge on any atom is 0.302 e. The highest BCUT2D eigenvalue weighted by Gasteiger charge is 2.08. The van der Waals surface area contributed by atoms with E-state index in [1.54, 1.807) is 0 Å². The molecule has 25 heavy (non-hydrogen) atoms. The zero-order valence-corrected chi connectivity index (χ0v) is 15.6. The van der Waals surface area contributed by atoms with Gasteiger partial charge < -0.3 is 4.42 Å². The quantitative estimate of drug-likeness (QED) is 0.424. The van der Waals surface area contributed by atoms with E-state index in [0.29, 0.717) is 18.0 Å². The van der Waals surface area contributed by atoms with Gasteiger partial charge in [-0.1, -0.05) is 83.3 Å². The van der Waals surface area contributed by atoms with E-state index in [2.05, 4.69) is 17.2 Å². The zero-order chi connectivity index (χ0) is 17.7. The molecule has 0 radical (unpaired) electrons. The van der Waals surface area contributed by atoms with Crippen molar-refractivity contribution in [3.8, 4) is 0 Å². The fraction of sp³-hybridized carbons (Fsp3) is 0.619. The molecule has 2 rings (SSSR count). The number of hydrogen-bond donors (Lipinski definition) is 1. The van der Waals surface area contributed by atoms with E-state index in [1.807, 2.05) is 24.3 Å². The van der Waals surface area contributed by atoms with Crippen LogP contribution in [0.15, 0.2) is 28.7 Å². The number of benzene rings is 1. The average Bonchev–Trinajstić information content (AvgIpc) is 3.01. The van der Waals surface area contributed by atoms with Gasteiger partial charge in [0.2, 0.25) is 5.91 Å². The molecule has 0 spiro atoms. The normalized spacial score (nSPS) is 11.1. The van der Waals surface area contributed by atoms with Crippen molar-refractivity contribution >= 4 is 23.0 Å². The summed E-state index contributed by atoms with van der Waals surface area (Å²) in [6.45, 7) is 2.26. The third-order valence-electron chi connectivity index (χ3n) is 4.55. The van der Waals surface area contributed by atoms with Crippen LogP contribution >= 0.6 is 0 Å². The van der Waals surface area contributed by atoms with E-state index < -0.39 is 0 Å². The molecule has 1 heterocycles. The molecule has 0 bridgehead atoms. The molecule has 0 fully saturated rings. The number of carbonyl (C=O) groups excluding carboxylic acids is 1. The van der Waals surface area contributed by atoms with Crippen LogP contribution in [0, 0.1) is 0 Å². The van der Waals surface area contributed by atoms with E-state index in [0.717, 1.165) is 18.4 Å². The van der Waals surface area contributed by atoms with Crippen molar-refractivity contribution in [2.75, 3.05) is 5.32 Å². The minimum atomic E-state index is -0.0116. The number of fused-ring (bicyclic) bond motifs is 1. The van der Waals surface area contributed by atoms with Crippen LogP contribution in [0.25, 0.3) is 11.1 Å². The number of para-hydroxylation sites is 2. The second-order valence-corrected chi connectivity index (χ2v) is 6.82. The Labute approximate surface area is 151 Å². The van der Waals surface area contributed by atoms with E-state index in [9.17, 15) is 4.79 Å². The van der Waals surface area contributed by atoms with Gasteiger partial charge in [0, 0.05) is 6.42 Å². The van der Waals surface area contributed by atoms with Gasteiger partial charge in [0.15, 0.2) is 5.58 Å². The third-order valence-corrected chi connectivity index (χ3v) is 4.55. The summed E-state index contributed by atoms with van der Waals surface area (Å²) in [7, 11) is 0. The first-order valence-corrected chi connectivity index (χ1v) is 9.95. The van der Waals surface area contributed by atoms with Gasteiger partial charge in [0.25, 0.3) is 0 Å². The summed E-state index contributed by atoms with van der Waals surface area (Å²) in [6, 6.07) is 7.82. The van der Waals surface area contributed by atoms with E-state index in [4.69, 9.17) is 4.42 Å². The fourth-order valence-corrected chi connectivity index (χ4v) is 3.06. The Morgan fingerprint density at radius 3 is 2.16 bits per heavy atom. The van der Waals surface area contributed by atoms with Gasteiger partial charge in [-0.3, -0.25) is 10.1 Å². The van der Waals surface area contributed by atoms with Crippen LogP contribution in [0.5, 0.6) is 0 Å². The van der Waals surface area contributed by atoms with Crippen molar-refractivity contribution in [1.29, 1.82) is 0 Å². The Morgan fingerprint density at radius 2 is 1.52 bits per heavy atom. The molecular formula is C21H32N2O2. The first kappa shape index (κ1) is 19.5. The summed E-state index contributed by atoms with van der Waals surface area (Å²) in [5.74, 6) is -0.0116. The largest absolute Gasteiger partial charge is 0.423 e. The van der Waals surface area contributed by atoms with E-state index in [-0.39, 0.29) is 5.91 Å². The molecule has 0 saturated carbocycles. The summed E-state index contributed by atoms with van der Waals surface area (Å²) in [5, 5.41) is 2.75. The lowest BCUT2D eigenvalue weighted by atomic mass is 10.1. The van der Waals surface area contributed by atoms with Gasteiger partial charge in [0.05, 0.1) is 0 Å². The second-order valence-electron chi connectivity index (χ2n) is 6.82. The molecule has 0 aliphatic carbocycles. The number of amides is 1. The van der Waals surface area contributed by atoms with Gasteiger partial charge in [-0.2, -0.15) is 4.98 Å². The highest BCUT2D eigenvalue weighted by atomic mass is 16.4. The monoisotopic (exact) mass is 344 g/mol. The minimum Gasteiger partial charge on any atom is -0.423 e. The fourth-order valence-electron chi connectivity index (χ4n) is 3.06. The highest BCUT2D eigenvalue weighted by molar-refractivity contribution is 5.89. The number of hydrogen-bond acceptors (Lipinski definition) is 3. The maximum absolute atomic E-state index is 11.9. The molecule has 0 unspecified atom stereocenters. The Balaban J connectivity index is 1.47. The molecule has 4 nitrogen and oxygen atoms in total. The van der Waals surface area contributed by atoms with E-state index >= 15 is 0 Å². The van der Waals surface area contributed by atoms with Gasteiger partial charge in [-0.05, 0) is 18.6 Å². The smallest absolute Gasteiger partial charge is 0.302 e. The van der Waals surface area contributed by atoms with Crippen LogP contribution in [0.3, 0.4) is 0 Å². The summed E-state index contributed by atoms with van der Waals surface area (Å²) in [5.41, 5.74) is 1.47. The maximum atomic E-state index is 11.9. The second kappa shape index (κ2) is 11.7. The molecule has 2 aromatic rings. The molecule has 0 atom stereocenters. The Bertz CT molecular complexity index is 588. The highest BCUT2D eigenvalue weighted by Crippen LogP contribution is 2.18. The Hall–Kier alpha value is -1.84. The van der Waals surface area contributed by atoms with Crippen molar-refractivity contribution < 1.29 is 9.21 Å². The van der Waals surface area contributed by atoms with Gasteiger partial charge in [-0.15, -0.1) is 0 Å². The molecule has 1 N–H and O–H groups in total. The standard InChI is InChI=1S/C21H32N2O2/c1-2-3-4-5-6-7-8-9-10-11-12-17-20(24)23-21-22-18-15-13-14-16-19(18)25-21/h13-16H,2-12,17H2,1H3,(H,22,23,24). The van der Waals surface area contributed by atoms with Crippen molar-refractivity contribution in [1.82, 2.24) is 4.98 Å². The number of nitrogens with one attached hydrogen (secondary N) is 1. The average molecular weight is 344 g/mol. The zero-order valence-electron chi connectivity index (χ0n) is 15.6. The van der Waals surface area contributed by atoms with Gasteiger partial charge >= 0.3 is 6.01 Å². The van der Waals surface area contributed by atoms with Crippen LogP contribution in [0.1, 0.15) is 84.0 Å². The summed E-state index contributed by atoms with van der Waals surface area (Å²) >= 11 is 0. The van der Waals surface area contributed by atoms with Gasteiger partial charge in [0.1, 0.15) is 5.52 Å². The summed E-state index contributed by atoms with van der Waals surface area (Å²) < 4.78 is 5.50. The molecule has 1 aromatic heterocycles. The predicted octanol–water partition coefficient (Wildman–Crippen LogP) is 6.47. The van der Waals surface area contributed by atoms with Crippen LogP contribution in [-0.4, -0.2) is 10.9 Å². The van der Waals surface area contributed by atoms with Crippen LogP contribution in [0.4, 0.5) is 6.01 Å². The van der Waals surface area contributed by atoms with Crippen molar-refractivity contribution in [3.63, 3.8) is 0 Å². The number of nitrogens with zero attached hydrogens (tertiary/aromatic N) is 1. The number of anilines is 1. The number of oxazole rings is 1. The SMILES string of the molecule is CCCCCCCCCCCCCC(=O)Nc1nc2ccccc2o1. The van der Waals surface area contributed by atoms with Crippen LogP contribution in [-0.2, 0) is 4.79 Å². The Morgan fingerprint density at radius 1 is 0.920 bits per heavy atom. The first-order valence-electron chi connectivity index (χ1n) is 9.95. The number of rotatable bonds is 13. The Kier molecular flexibility index (Phi) is 9.09. The van der Waals surface area contributed by atoms with E-state index in [1.165, 1.54) is 57.8 Å². The van der Waals surface area contributed by atoms with Crippen molar-refractivity contribution in [3.05, 3.63) is 24.3 Å². The molecule has 0 aliphatic rings. The van der Waals surface area contributed by atoms with Crippen molar-refractivity contribution in [2.45, 2.75) is 84.0 Å². The minimum absolute atomic E-state index is 0.0116. The predicted molar refractivity (Wildman–Crippen MR) is 104 cm³/mol. The number of aromatic nitrogens is 1. The molecule has 0 saturated heterocycles. The summed E-state index contributed by atoms with van der Waals surface area (Å²) in [6.07, 6.45) is 14.7. The van der Waals surface area contributed by atoms with Crippen LogP contribution < -0.4 is 5.32 Å². The lowest BCUT2D eigenvalue weighted by Crippen LogP contribution is -2.11. The first-order chi connectivity index (χ1) is 12.3. The molecule has 0 aliphatic heterocycles. The molecule has 4 heteroatoms. The number of unbranched alkanes of at least 4 members (excludes halogenated alkanes) is 10. The molecule has 138 valence electrons.